The van der Waals surface area contributed by atoms with Crippen LogP contribution in [0.25, 0.3) is 0 Å². The Morgan fingerprint density at radius 3 is 2.40 bits per heavy atom. The van der Waals surface area contributed by atoms with Gasteiger partial charge in [0.2, 0.25) is 6.29 Å². The summed E-state index contributed by atoms with van der Waals surface area (Å²) in [5, 5.41) is 15.1. The summed E-state index contributed by atoms with van der Waals surface area (Å²) in [6.07, 6.45) is -2.71. The zero-order valence-corrected chi connectivity index (χ0v) is 25.0. The molecule has 3 rings (SSSR count). The van der Waals surface area contributed by atoms with Crippen LogP contribution in [0, 0.1) is 0 Å². The van der Waals surface area contributed by atoms with Crippen molar-refractivity contribution in [3.63, 3.8) is 0 Å². The second-order valence-electron chi connectivity index (χ2n) is 8.54. The van der Waals surface area contributed by atoms with Crippen molar-refractivity contribution in [1.82, 2.24) is 15.2 Å². The molecule has 2 amide bonds. The summed E-state index contributed by atoms with van der Waals surface area (Å²) >= 11 is 2.45. The van der Waals surface area contributed by atoms with Crippen molar-refractivity contribution in [3.05, 3.63) is 22.3 Å². The van der Waals surface area contributed by atoms with E-state index in [0.29, 0.717) is 11.3 Å². The van der Waals surface area contributed by atoms with E-state index in [1.54, 1.807) is 13.8 Å². The number of carbonyl (C=O) groups is 5. The number of hydrogen-bond acceptors (Lipinski definition) is 16. The SMILES string of the molecule is COCC1=C(C(=O)OC(C)OC(=O)OC(C)C)N2C(=O)[C@@H](NC(=O)/C(=N\OC)c3csc(N)n3)[C@H]2SC1.NCC(=O)O. The number of carbonyl (C=O) groups excluding carboxylic acids is 4. The molecule has 17 nitrogen and oxygen atoms in total. The van der Waals surface area contributed by atoms with Crippen LogP contribution in [0.1, 0.15) is 26.5 Å². The molecule has 0 aromatic carbocycles. The van der Waals surface area contributed by atoms with Gasteiger partial charge in [0, 0.05) is 25.2 Å². The van der Waals surface area contributed by atoms with Crippen LogP contribution in [-0.2, 0) is 43.0 Å². The van der Waals surface area contributed by atoms with Crippen molar-refractivity contribution in [3.8, 4) is 0 Å². The number of fused-ring (bicyclic) bond motifs is 1. The number of rotatable bonds is 11. The molecule has 0 aliphatic carbocycles. The fraction of sp³-hybridized carbons (Fsp3) is 0.522. The molecule has 0 bridgehead atoms. The van der Waals surface area contributed by atoms with Gasteiger partial charge >= 0.3 is 18.1 Å². The molecule has 0 radical (unpaired) electrons. The topological polar surface area (TPSA) is 244 Å². The Balaban J connectivity index is 0.00000113. The van der Waals surface area contributed by atoms with Gasteiger partial charge in [-0.05, 0) is 19.4 Å². The number of thioether (sulfide) groups is 1. The predicted molar refractivity (Wildman–Crippen MR) is 149 cm³/mol. The van der Waals surface area contributed by atoms with Crippen LogP contribution in [0.4, 0.5) is 9.93 Å². The first-order chi connectivity index (χ1) is 19.8. The lowest BCUT2D eigenvalue weighted by atomic mass is 10.0. The van der Waals surface area contributed by atoms with Gasteiger partial charge in [-0.2, -0.15) is 0 Å². The molecule has 42 heavy (non-hydrogen) atoms. The Morgan fingerprint density at radius 1 is 1.21 bits per heavy atom. The largest absolute Gasteiger partial charge is 0.511 e. The molecule has 0 spiro atoms. The van der Waals surface area contributed by atoms with E-state index in [1.807, 2.05) is 0 Å². The second kappa shape index (κ2) is 15.9. The number of carboxylic acids is 1. The lowest BCUT2D eigenvalue weighted by Gasteiger charge is -2.49. The number of nitrogens with zero attached hydrogens (tertiary/aromatic N) is 3. The summed E-state index contributed by atoms with van der Waals surface area (Å²) < 4.78 is 20.2. The number of carboxylic acid groups (broad SMARTS) is 1. The molecule has 0 saturated carbocycles. The van der Waals surface area contributed by atoms with Gasteiger partial charge in [-0.15, -0.1) is 23.1 Å². The number of aliphatic carboxylic acids is 1. The number of ether oxygens (including phenoxy) is 4. The molecule has 1 aromatic rings. The van der Waals surface area contributed by atoms with E-state index < -0.39 is 53.7 Å². The number of nitrogens with one attached hydrogen (secondary N) is 1. The summed E-state index contributed by atoms with van der Waals surface area (Å²) in [4.78, 5) is 70.0. The molecular formula is C23H32N6O11S2. The molecule has 19 heteroatoms. The van der Waals surface area contributed by atoms with Crippen LogP contribution in [0.3, 0.4) is 0 Å². The molecule has 1 aromatic heterocycles. The molecule has 2 aliphatic rings. The van der Waals surface area contributed by atoms with Gasteiger partial charge in [0.1, 0.15) is 29.9 Å². The van der Waals surface area contributed by atoms with Crippen LogP contribution in [0.15, 0.2) is 21.8 Å². The Hall–Kier alpha value is -3.94. The van der Waals surface area contributed by atoms with Crippen molar-refractivity contribution in [2.75, 3.05) is 38.9 Å². The van der Waals surface area contributed by atoms with Crippen molar-refractivity contribution >= 4 is 63.9 Å². The summed E-state index contributed by atoms with van der Waals surface area (Å²) in [7, 11) is 2.71. The minimum absolute atomic E-state index is 0.0353. The fourth-order valence-electron chi connectivity index (χ4n) is 3.45. The Bertz CT molecular complexity index is 1240. The van der Waals surface area contributed by atoms with E-state index in [0.717, 1.165) is 11.3 Å². The number of amides is 2. The molecule has 1 saturated heterocycles. The molecule has 2 aliphatic heterocycles. The maximum atomic E-state index is 13.1. The molecule has 232 valence electrons. The number of anilines is 1. The van der Waals surface area contributed by atoms with E-state index in [-0.39, 0.29) is 35.4 Å². The van der Waals surface area contributed by atoms with E-state index >= 15 is 0 Å². The number of aromatic nitrogens is 1. The molecule has 1 fully saturated rings. The third-order valence-corrected chi connectivity index (χ3v) is 7.06. The number of oxime groups is 1. The quantitative estimate of drug-likeness (QED) is 0.0815. The standard InChI is InChI=1S/C21H27N5O9S2.C2H5NO2/c1-9(2)33-21(30)35-10(3)34-19(29)15-11(6-31-4)7-36-18-14(17(28)26(15)18)24-16(27)13(25-32-5)12-8-37-20(22)23-12;3-1-2(4)5/h8-10,14,18H,6-7H2,1-5H3,(H2,22,23)(H,24,27);1,3H2,(H,4,5)/b25-13-;/t10?,14-,18-;/m1./s1. The number of thiazole rings is 1. The Labute approximate surface area is 248 Å². The summed E-state index contributed by atoms with van der Waals surface area (Å²) in [6.45, 7) is 4.40. The lowest BCUT2D eigenvalue weighted by molar-refractivity contribution is -0.169. The van der Waals surface area contributed by atoms with Gasteiger partial charge in [-0.25, -0.2) is 14.6 Å². The molecular weight excluding hydrogens is 600 g/mol. The summed E-state index contributed by atoms with van der Waals surface area (Å²) in [5.74, 6) is -2.78. The van der Waals surface area contributed by atoms with E-state index in [4.69, 9.17) is 34.6 Å². The first-order valence-electron chi connectivity index (χ1n) is 12.1. The maximum absolute atomic E-state index is 13.1. The minimum Gasteiger partial charge on any atom is -0.480 e. The van der Waals surface area contributed by atoms with Crippen molar-refractivity contribution in [1.29, 1.82) is 0 Å². The van der Waals surface area contributed by atoms with Crippen LogP contribution < -0.4 is 16.8 Å². The predicted octanol–water partition coefficient (Wildman–Crippen LogP) is -0.143. The highest BCUT2D eigenvalue weighted by molar-refractivity contribution is 8.00. The minimum atomic E-state index is -1.28. The van der Waals surface area contributed by atoms with E-state index in [2.05, 4.69) is 21.2 Å². The average Bonchev–Trinajstić information content (AvgIpc) is 3.35. The van der Waals surface area contributed by atoms with Crippen molar-refractivity contribution < 1.29 is 52.9 Å². The smallest absolute Gasteiger partial charge is 0.480 e. The molecule has 1 unspecified atom stereocenters. The zero-order valence-electron chi connectivity index (χ0n) is 23.4. The number of esters is 1. The normalized spacial score (nSPS) is 18.6. The van der Waals surface area contributed by atoms with Crippen molar-refractivity contribution in [2.45, 2.75) is 44.6 Å². The summed E-state index contributed by atoms with van der Waals surface area (Å²) in [6, 6.07) is -0.961. The van der Waals surface area contributed by atoms with Gasteiger partial charge in [0.05, 0.1) is 19.3 Å². The monoisotopic (exact) mass is 632 g/mol. The van der Waals surface area contributed by atoms with Gasteiger partial charge in [-0.1, -0.05) is 5.16 Å². The van der Waals surface area contributed by atoms with Crippen LogP contribution in [-0.4, -0.2) is 108 Å². The number of nitrogens with two attached hydrogens (primary N) is 2. The molecule has 3 atom stereocenters. The third kappa shape index (κ3) is 9.03. The molecule has 6 N–H and O–H groups in total. The number of hydrogen-bond donors (Lipinski definition) is 4. The van der Waals surface area contributed by atoms with E-state index in [9.17, 15) is 24.0 Å². The van der Waals surface area contributed by atoms with Gasteiger partial charge in [0.25, 0.3) is 11.8 Å². The number of β-lactam (4-membered cyclic amide) rings is 1. The average molecular weight is 633 g/mol. The second-order valence-corrected chi connectivity index (χ2v) is 10.5. The summed E-state index contributed by atoms with van der Waals surface area (Å²) in [5.41, 5.74) is 10.7. The highest BCUT2D eigenvalue weighted by Crippen LogP contribution is 2.41. The first-order valence-corrected chi connectivity index (χ1v) is 14.1. The highest BCUT2D eigenvalue weighted by atomic mass is 32.2. The van der Waals surface area contributed by atoms with Gasteiger partial charge in [0.15, 0.2) is 10.8 Å². The molecule has 3 heterocycles. The fourth-order valence-corrected chi connectivity index (χ4v) is 5.32. The van der Waals surface area contributed by atoms with Gasteiger partial charge < -0.3 is 45.7 Å². The third-order valence-electron chi connectivity index (χ3n) is 5.05. The van der Waals surface area contributed by atoms with Crippen LogP contribution >= 0.6 is 23.1 Å². The highest BCUT2D eigenvalue weighted by Gasteiger charge is 2.55. The first kappa shape index (κ1) is 34.3. The van der Waals surface area contributed by atoms with Crippen LogP contribution in [0.5, 0.6) is 0 Å². The Kier molecular flexibility index (Phi) is 13.0. The zero-order chi connectivity index (χ0) is 31.6. The van der Waals surface area contributed by atoms with Gasteiger partial charge in [-0.3, -0.25) is 19.3 Å². The Morgan fingerprint density at radius 2 is 1.88 bits per heavy atom. The number of methoxy groups -OCH3 is 1. The van der Waals surface area contributed by atoms with Crippen LogP contribution in [0.2, 0.25) is 0 Å². The number of nitrogen functional groups attached to an aromatic ring is 1. The van der Waals surface area contributed by atoms with E-state index in [1.165, 1.54) is 43.2 Å². The lowest BCUT2D eigenvalue weighted by Crippen LogP contribution is -2.71. The van der Waals surface area contributed by atoms with Crippen molar-refractivity contribution in [2.24, 2.45) is 10.9 Å². The maximum Gasteiger partial charge on any atom is 0.511 e.